The van der Waals surface area contributed by atoms with Gasteiger partial charge in [0, 0.05) is 36.1 Å². The predicted octanol–water partition coefficient (Wildman–Crippen LogP) is 5.52. The Labute approximate surface area is 234 Å². The van der Waals surface area contributed by atoms with E-state index in [2.05, 4.69) is 32.2 Å². The minimum atomic E-state index is -4.00. The van der Waals surface area contributed by atoms with E-state index in [1.807, 2.05) is 39.0 Å². The zero-order valence-corrected chi connectivity index (χ0v) is 23.5. The quantitative estimate of drug-likeness (QED) is 0.176. The molecule has 0 unspecified atom stereocenters. The van der Waals surface area contributed by atoms with Crippen LogP contribution in [0.3, 0.4) is 0 Å². The number of nitrogens with one attached hydrogen (secondary N) is 2. The lowest BCUT2D eigenvalue weighted by Crippen LogP contribution is -2.07. The van der Waals surface area contributed by atoms with Crippen LogP contribution in [-0.2, 0) is 21.3 Å². The van der Waals surface area contributed by atoms with Crippen LogP contribution in [-0.4, -0.2) is 40.8 Å². The second kappa shape index (κ2) is 13.5. The summed E-state index contributed by atoms with van der Waals surface area (Å²) in [6.45, 7) is 9.43. The molecule has 0 fully saturated rings. The van der Waals surface area contributed by atoms with E-state index in [1.54, 1.807) is 43.8 Å². The van der Waals surface area contributed by atoms with E-state index < -0.39 is 10.1 Å². The summed E-state index contributed by atoms with van der Waals surface area (Å²) in [5.74, 6) is 1.56. The van der Waals surface area contributed by atoms with Crippen molar-refractivity contribution in [2.24, 2.45) is 0 Å². The zero-order valence-electron chi connectivity index (χ0n) is 22.7. The number of hydrogen-bond acceptors (Lipinski definition) is 9. The molecule has 0 amide bonds. The van der Waals surface area contributed by atoms with Crippen LogP contribution in [0.2, 0.25) is 0 Å². The Hall–Kier alpha value is -4.61. The first-order chi connectivity index (χ1) is 19.0. The highest BCUT2D eigenvalue weighted by Crippen LogP contribution is 2.26. The standard InChI is InChI=1S/C23H25N5O2.C6H6O3S/c1-6-18(29)10-17-9-14(2)7-8-19(17)26-22-16(4)13-25-23(28-22)27-20-11-21(30-5)24-12-15(20)3;7-10(8,9)6-4-2-1-3-5-6/h6-9,11-13H,1,10H2,2-5H3,(H2,24,25,26,27,28);1-5H,(H,7,8,9). The summed E-state index contributed by atoms with van der Waals surface area (Å²) in [5.41, 5.74) is 5.43. The second-order valence-corrected chi connectivity index (χ2v) is 10.2. The summed E-state index contributed by atoms with van der Waals surface area (Å²) < 4.78 is 34.4. The van der Waals surface area contributed by atoms with Crippen molar-refractivity contribution >= 4 is 39.0 Å². The van der Waals surface area contributed by atoms with Crippen molar-refractivity contribution in [3.8, 4) is 5.88 Å². The van der Waals surface area contributed by atoms with E-state index >= 15 is 0 Å². The molecule has 0 bridgehead atoms. The maximum absolute atomic E-state index is 11.9. The van der Waals surface area contributed by atoms with Gasteiger partial charge in [-0.2, -0.15) is 13.4 Å². The number of nitrogens with zero attached hydrogens (tertiary/aromatic N) is 3. The number of pyridine rings is 1. The fourth-order valence-corrected chi connectivity index (χ4v) is 3.97. The smallest absolute Gasteiger partial charge is 0.294 e. The van der Waals surface area contributed by atoms with Crippen molar-refractivity contribution < 1.29 is 22.5 Å². The van der Waals surface area contributed by atoms with E-state index in [0.29, 0.717) is 17.6 Å². The molecule has 3 N–H and O–H groups in total. The molecule has 0 saturated heterocycles. The second-order valence-electron chi connectivity index (χ2n) is 8.81. The molecule has 0 saturated carbocycles. The van der Waals surface area contributed by atoms with Crippen LogP contribution >= 0.6 is 0 Å². The molecule has 10 nitrogen and oxygen atoms in total. The van der Waals surface area contributed by atoms with Gasteiger partial charge in [-0.25, -0.2) is 9.97 Å². The number of ether oxygens (including phenoxy) is 1. The number of hydrogen-bond donors (Lipinski definition) is 3. The molecule has 0 atom stereocenters. The molecule has 0 radical (unpaired) electrons. The molecule has 40 heavy (non-hydrogen) atoms. The molecular formula is C29H31N5O5S. The summed E-state index contributed by atoms with van der Waals surface area (Å²) in [4.78, 5) is 25.0. The first kappa shape index (κ1) is 29.9. The van der Waals surface area contributed by atoms with Gasteiger partial charge < -0.3 is 15.4 Å². The zero-order chi connectivity index (χ0) is 29.3. The number of allylic oxidation sites excluding steroid dienone is 1. The number of methoxy groups -OCH3 is 1. The Morgan fingerprint density at radius 3 is 2.30 bits per heavy atom. The van der Waals surface area contributed by atoms with Gasteiger partial charge in [-0.05, 0) is 56.2 Å². The van der Waals surface area contributed by atoms with Crippen molar-refractivity contribution in [1.29, 1.82) is 0 Å². The lowest BCUT2D eigenvalue weighted by Gasteiger charge is -2.15. The molecule has 0 spiro atoms. The molecule has 2 heterocycles. The van der Waals surface area contributed by atoms with E-state index in [1.165, 1.54) is 18.2 Å². The number of carbonyl (C=O) groups is 1. The Morgan fingerprint density at radius 1 is 0.975 bits per heavy atom. The molecule has 0 aliphatic heterocycles. The SMILES string of the molecule is C=CC(=O)Cc1cc(C)ccc1Nc1nc(Nc2cc(OC)ncc2C)ncc1C.O=S(=O)(O)c1ccccc1. The minimum Gasteiger partial charge on any atom is -0.481 e. The van der Waals surface area contributed by atoms with E-state index in [9.17, 15) is 13.2 Å². The van der Waals surface area contributed by atoms with Crippen LogP contribution in [0, 0.1) is 20.8 Å². The van der Waals surface area contributed by atoms with Crippen LogP contribution in [0.15, 0.2) is 84.5 Å². The highest BCUT2D eigenvalue weighted by molar-refractivity contribution is 7.85. The van der Waals surface area contributed by atoms with Gasteiger partial charge in [-0.3, -0.25) is 9.35 Å². The van der Waals surface area contributed by atoms with Gasteiger partial charge in [0.15, 0.2) is 5.78 Å². The maximum Gasteiger partial charge on any atom is 0.294 e. The average Bonchev–Trinajstić information content (AvgIpc) is 2.93. The van der Waals surface area contributed by atoms with E-state index in [0.717, 1.165) is 33.6 Å². The number of anilines is 4. The minimum absolute atomic E-state index is 0.0347. The molecular weight excluding hydrogens is 530 g/mol. The number of aryl methyl sites for hydroxylation is 3. The Kier molecular flexibility index (Phi) is 10.1. The normalized spacial score (nSPS) is 10.6. The number of benzene rings is 2. The summed E-state index contributed by atoms with van der Waals surface area (Å²) in [7, 11) is -2.43. The third kappa shape index (κ3) is 8.45. The van der Waals surface area contributed by atoms with Crippen molar-refractivity contribution in [1.82, 2.24) is 15.0 Å². The van der Waals surface area contributed by atoms with Crippen molar-refractivity contribution in [2.45, 2.75) is 32.1 Å². The molecule has 4 rings (SSSR count). The lowest BCUT2D eigenvalue weighted by molar-refractivity contribution is -0.114. The van der Waals surface area contributed by atoms with Crippen molar-refractivity contribution in [3.63, 3.8) is 0 Å². The first-order valence-electron chi connectivity index (χ1n) is 12.2. The number of ketones is 1. The van der Waals surface area contributed by atoms with E-state index in [4.69, 9.17) is 9.29 Å². The third-order valence-corrected chi connectivity index (χ3v) is 6.52. The molecule has 0 aliphatic carbocycles. The molecule has 4 aromatic rings. The highest BCUT2D eigenvalue weighted by Gasteiger charge is 2.11. The van der Waals surface area contributed by atoms with Crippen LogP contribution in [0.5, 0.6) is 5.88 Å². The number of aromatic nitrogens is 3. The summed E-state index contributed by atoms with van der Waals surface area (Å²) in [5, 5.41) is 6.56. The van der Waals surface area contributed by atoms with Crippen LogP contribution in [0.25, 0.3) is 0 Å². The summed E-state index contributed by atoms with van der Waals surface area (Å²) in [6, 6.07) is 15.2. The fourth-order valence-electron chi connectivity index (χ4n) is 3.47. The maximum atomic E-state index is 11.9. The van der Waals surface area contributed by atoms with Gasteiger partial charge in [-0.1, -0.05) is 42.5 Å². The Balaban J connectivity index is 0.000000371. The Bertz CT molecular complexity index is 1610. The van der Waals surface area contributed by atoms with Crippen LogP contribution in [0.4, 0.5) is 23.1 Å². The fraction of sp³-hybridized carbons (Fsp3) is 0.172. The van der Waals surface area contributed by atoms with Gasteiger partial charge in [0.05, 0.1) is 17.7 Å². The Morgan fingerprint density at radius 2 is 1.68 bits per heavy atom. The predicted molar refractivity (Wildman–Crippen MR) is 155 cm³/mol. The molecule has 0 aliphatic rings. The average molecular weight is 562 g/mol. The van der Waals surface area contributed by atoms with Gasteiger partial charge >= 0.3 is 0 Å². The van der Waals surface area contributed by atoms with Crippen LogP contribution in [0.1, 0.15) is 22.3 Å². The molecule has 11 heteroatoms. The van der Waals surface area contributed by atoms with Gasteiger partial charge in [0.25, 0.3) is 10.1 Å². The van der Waals surface area contributed by atoms with Gasteiger partial charge in [-0.15, -0.1) is 0 Å². The summed E-state index contributed by atoms with van der Waals surface area (Å²) >= 11 is 0. The molecule has 2 aromatic carbocycles. The topological polar surface area (TPSA) is 143 Å². The largest absolute Gasteiger partial charge is 0.481 e. The van der Waals surface area contributed by atoms with Gasteiger partial charge in [0.2, 0.25) is 11.8 Å². The third-order valence-electron chi connectivity index (χ3n) is 5.65. The van der Waals surface area contributed by atoms with Gasteiger partial charge in [0.1, 0.15) is 5.82 Å². The summed E-state index contributed by atoms with van der Waals surface area (Å²) in [6.07, 6.45) is 5.09. The number of carbonyl (C=O) groups excluding carboxylic acids is 1. The first-order valence-corrected chi connectivity index (χ1v) is 13.6. The van der Waals surface area contributed by atoms with Crippen molar-refractivity contribution in [3.05, 3.63) is 102 Å². The van der Waals surface area contributed by atoms with Crippen LogP contribution < -0.4 is 15.4 Å². The number of rotatable bonds is 9. The monoisotopic (exact) mass is 561 g/mol. The highest BCUT2D eigenvalue weighted by atomic mass is 32.2. The molecule has 2 aromatic heterocycles. The van der Waals surface area contributed by atoms with E-state index in [-0.39, 0.29) is 17.1 Å². The molecule has 208 valence electrons. The van der Waals surface area contributed by atoms with Crippen molar-refractivity contribution in [2.75, 3.05) is 17.7 Å². The lowest BCUT2D eigenvalue weighted by atomic mass is 10.0.